The highest BCUT2D eigenvalue weighted by Gasteiger charge is 2.36. The number of terminal acetylenes is 1. The van der Waals surface area contributed by atoms with Gasteiger partial charge in [-0.25, -0.2) is 19.6 Å². The van der Waals surface area contributed by atoms with Gasteiger partial charge in [0.15, 0.2) is 0 Å². The van der Waals surface area contributed by atoms with E-state index in [1.165, 1.54) is 14.2 Å². The average molecular weight is 921 g/mol. The molecule has 2 fully saturated rings. The number of H-pyrrole nitrogens is 2. The summed E-state index contributed by atoms with van der Waals surface area (Å²) in [6.07, 6.45) is 16.1. The summed E-state index contributed by atoms with van der Waals surface area (Å²) in [5.74, 6) is 8.14. The zero-order valence-corrected chi connectivity index (χ0v) is 40.0. The average Bonchev–Trinajstić information content (AvgIpc) is 4.06. The first-order valence-corrected chi connectivity index (χ1v) is 22.9. The molecule has 2 unspecified atom stereocenters. The van der Waals surface area contributed by atoms with Crippen molar-refractivity contribution in [3.63, 3.8) is 0 Å². The first-order valence-electron chi connectivity index (χ1n) is 22.9. The van der Waals surface area contributed by atoms with Crippen molar-refractivity contribution < 1.29 is 38.1 Å². The quantitative estimate of drug-likeness (QED) is 0.0671. The summed E-state index contributed by atoms with van der Waals surface area (Å²) in [4.78, 5) is 68.0. The summed E-state index contributed by atoms with van der Waals surface area (Å²) in [6.45, 7) is 12.0. The number of methoxy groups -OCH3 is 2. The second kappa shape index (κ2) is 27.9. The fourth-order valence-corrected chi connectivity index (χ4v) is 7.65. The van der Waals surface area contributed by atoms with E-state index in [9.17, 15) is 19.2 Å². The summed E-state index contributed by atoms with van der Waals surface area (Å²) in [6, 6.07) is 15.5. The number of carbonyl (C=O) groups excluding carboxylic acids is 4. The Balaban J connectivity index is 0.000000520. The van der Waals surface area contributed by atoms with Crippen LogP contribution in [0.2, 0.25) is 0 Å². The summed E-state index contributed by atoms with van der Waals surface area (Å²) >= 11 is 0. The Morgan fingerprint density at radius 1 is 0.746 bits per heavy atom. The molecule has 360 valence electrons. The number of ether oxygens (including phenoxy) is 4. The maximum atomic E-state index is 14.0. The van der Waals surface area contributed by atoms with Crippen LogP contribution in [0.1, 0.15) is 89.0 Å². The van der Waals surface area contributed by atoms with E-state index >= 15 is 0 Å². The van der Waals surface area contributed by atoms with E-state index in [1.54, 1.807) is 11.1 Å². The number of hydrogen-bond donors (Lipinski definition) is 4. The highest BCUT2D eigenvalue weighted by molar-refractivity contribution is 5.86. The van der Waals surface area contributed by atoms with Gasteiger partial charge in [0.1, 0.15) is 24.0 Å². The molecule has 67 heavy (non-hydrogen) atoms. The second-order valence-corrected chi connectivity index (χ2v) is 16.6. The molecule has 2 aliphatic rings. The summed E-state index contributed by atoms with van der Waals surface area (Å²) in [5, 5.41) is 5.30. The highest BCUT2D eigenvalue weighted by atomic mass is 16.5. The van der Waals surface area contributed by atoms with Crippen LogP contribution < -0.4 is 10.6 Å². The molecule has 2 aliphatic heterocycles. The van der Waals surface area contributed by atoms with E-state index < -0.39 is 24.3 Å². The van der Waals surface area contributed by atoms with Crippen molar-refractivity contribution in [3.05, 3.63) is 83.7 Å². The molecule has 0 aliphatic carbocycles. The lowest BCUT2D eigenvalue weighted by Gasteiger charge is -2.36. The lowest BCUT2D eigenvalue weighted by Crippen LogP contribution is -2.55. The Morgan fingerprint density at radius 3 is 1.64 bits per heavy atom. The molecule has 0 saturated carbocycles. The van der Waals surface area contributed by atoms with Gasteiger partial charge in [0.05, 0.1) is 57.1 Å². The summed E-state index contributed by atoms with van der Waals surface area (Å²) in [5.41, 5.74) is 5.71. The molecule has 0 radical (unpaired) electrons. The third kappa shape index (κ3) is 16.1. The molecule has 4 heterocycles. The van der Waals surface area contributed by atoms with E-state index in [-0.39, 0.29) is 30.3 Å². The fourth-order valence-electron chi connectivity index (χ4n) is 7.65. The van der Waals surface area contributed by atoms with Crippen LogP contribution in [0.5, 0.6) is 0 Å². The number of benzene rings is 2. The van der Waals surface area contributed by atoms with Gasteiger partial charge in [-0.1, -0.05) is 50.0 Å². The minimum absolute atomic E-state index is 0.0349. The molecule has 4 aromatic rings. The molecule has 0 bridgehead atoms. The third-order valence-electron chi connectivity index (χ3n) is 12.3. The van der Waals surface area contributed by atoms with Crippen LogP contribution in [-0.2, 0) is 41.6 Å². The largest absolute Gasteiger partial charge is 0.453 e. The van der Waals surface area contributed by atoms with Gasteiger partial charge in [-0.3, -0.25) is 9.69 Å². The van der Waals surface area contributed by atoms with E-state index in [2.05, 4.69) is 97.9 Å². The van der Waals surface area contributed by atoms with Crippen molar-refractivity contribution in [1.29, 1.82) is 0 Å². The molecule has 0 spiro atoms. The Bertz CT molecular complexity index is 2220. The topological polar surface area (TPSA) is 193 Å². The number of alkyl carbamates (subject to hydrolysis) is 2. The maximum absolute atomic E-state index is 14.0. The fraction of sp³-hybridized carbons (Fsp3) is 0.490. The molecule has 16 nitrogen and oxygen atoms in total. The zero-order valence-electron chi connectivity index (χ0n) is 40.0. The van der Waals surface area contributed by atoms with E-state index in [0.717, 1.165) is 78.0 Å². The number of aromatic amines is 2. The van der Waals surface area contributed by atoms with Crippen LogP contribution in [0, 0.1) is 36.5 Å². The van der Waals surface area contributed by atoms with Gasteiger partial charge in [0.2, 0.25) is 5.91 Å². The second-order valence-electron chi connectivity index (χ2n) is 16.6. The lowest BCUT2D eigenvalue weighted by molar-refractivity contribution is -0.138. The zero-order chi connectivity index (χ0) is 48.7. The number of nitrogens with zero attached hydrogens (tertiary/aromatic N) is 4. The number of carbonyl (C=O) groups is 4. The number of nitrogens with one attached hydrogen (secondary N) is 4. The monoisotopic (exact) mass is 921 g/mol. The predicted octanol–water partition coefficient (Wildman–Crippen LogP) is 6.96. The molecule has 4 atom stereocenters. The Kier molecular flexibility index (Phi) is 22.1. The highest BCUT2D eigenvalue weighted by Crippen LogP contribution is 2.25. The molecular weight excluding hydrogens is 853 g/mol. The first kappa shape index (κ1) is 53.2. The van der Waals surface area contributed by atoms with Gasteiger partial charge in [0.25, 0.3) is 0 Å². The molecule has 6 rings (SSSR count). The van der Waals surface area contributed by atoms with Crippen LogP contribution >= 0.6 is 0 Å². The van der Waals surface area contributed by atoms with Crippen LogP contribution in [0.25, 0.3) is 22.5 Å². The Hall–Kier alpha value is -6.46. The molecule has 4 N–H and O–H groups in total. The predicted molar refractivity (Wildman–Crippen MR) is 257 cm³/mol. The van der Waals surface area contributed by atoms with Gasteiger partial charge in [-0.15, -0.1) is 12.8 Å². The minimum Gasteiger partial charge on any atom is -0.453 e. The minimum atomic E-state index is -0.701. The van der Waals surface area contributed by atoms with E-state index in [1.807, 2.05) is 56.4 Å². The maximum Gasteiger partial charge on any atom is 0.407 e. The van der Waals surface area contributed by atoms with Gasteiger partial charge in [0, 0.05) is 49.6 Å². The molecular formula is C51H68N8O8. The standard InChI is InChI=1S/C40H51N7O4.C9H15NO4.C2H2/c1-7-27(3)46(5)25-36-41-23-34(43-36)31-15-11-29(12-16-31)9-10-30-13-17-32(18-14-30)35-24-42-37(44-35)26-47(28(4)8-2)39(48)38(45-40(49)50-6)33-19-21-51-22-20-33;1-13-9(12)10-8(6-11)7-2-4-14-5-3-7;1-2/h11-18,23-24,27-28,33,38H,7-8,19-22,25-26H2,1-6H3,(H,41,43)(H,42,44)(H,45,49);6-8H,2-5H2,1H3,(H,10,12);1-2H/t27-,28-,38?;;/m1../s1. The van der Waals surface area contributed by atoms with Crippen molar-refractivity contribution in [2.24, 2.45) is 11.8 Å². The SMILES string of the molecule is C#C.CC[C@@H](C)N(C)Cc1ncc(-c2ccc(C#Cc3ccc(-c4cnc(CN(C(=O)C(NC(=O)OC)C5CCOCC5)[C@H](C)CC)[nH]4)cc3)cc2)[nH]1.COC(=O)NC(C=O)C1CCOCC1. The number of hydrogen-bond acceptors (Lipinski definition) is 11. The molecule has 2 saturated heterocycles. The molecule has 2 aromatic heterocycles. The smallest absolute Gasteiger partial charge is 0.407 e. The van der Waals surface area contributed by atoms with Gasteiger partial charge >= 0.3 is 12.2 Å². The number of amides is 3. The van der Waals surface area contributed by atoms with Gasteiger partial charge in [-0.05, 0) is 107 Å². The van der Waals surface area contributed by atoms with E-state index in [0.29, 0.717) is 51.1 Å². The first-order chi connectivity index (χ1) is 32.5. The van der Waals surface area contributed by atoms with Gasteiger partial charge in [-0.2, -0.15) is 0 Å². The lowest BCUT2D eigenvalue weighted by atomic mass is 9.90. The van der Waals surface area contributed by atoms with Gasteiger partial charge < -0.3 is 49.2 Å². The van der Waals surface area contributed by atoms with E-state index in [4.69, 9.17) is 14.2 Å². The number of imidazole rings is 2. The number of rotatable bonds is 16. The summed E-state index contributed by atoms with van der Waals surface area (Å²) in [7, 11) is 4.71. The van der Waals surface area contributed by atoms with Crippen LogP contribution in [-0.4, -0.2) is 126 Å². The van der Waals surface area contributed by atoms with Crippen molar-refractivity contribution in [3.8, 4) is 47.2 Å². The number of aromatic nitrogens is 4. The van der Waals surface area contributed by atoms with Crippen LogP contribution in [0.4, 0.5) is 9.59 Å². The number of aldehydes is 1. The van der Waals surface area contributed by atoms with Crippen molar-refractivity contribution in [2.45, 2.75) is 103 Å². The third-order valence-corrected chi connectivity index (χ3v) is 12.3. The van der Waals surface area contributed by atoms with Crippen molar-refractivity contribution in [2.75, 3.05) is 47.7 Å². The van der Waals surface area contributed by atoms with Crippen molar-refractivity contribution >= 4 is 24.4 Å². The normalized spacial score (nSPS) is 15.6. The summed E-state index contributed by atoms with van der Waals surface area (Å²) < 4.78 is 20.0. The Morgan fingerprint density at radius 2 is 1.19 bits per heavy atom. The molecule has 2 aromatic carbocycles. The molecule has 3 amide bonds. The van der Waals surface area contributed by atoms with Crippen molar-refractivity contribution in [1.82, 2.24) is 40.4 Å². The van der Waals surface area contributed by atoms with Crippen LogP contribution in [0.3, 0.4) is 0 Å². The van der Waals surface area contributed by atoms with Crippen LogP contribution in [0.15, 0.2) is 60.9 Å². The molecule has 16 heteroatoms. The Labute approximate surface area is 395 Å².